The van der Waals surface area contributed by atoms with Gasteiger partial charge in [0.2, 0.25) is 0 Å². The van der Waals surface area contributed by atoms with Gasteiger partial charge in [0.05, 0.1) is 11.6 Å². The van der Waals surface area contributed by atoms with E-state index in [9.17, 15) is 0 Å². The minimum atomic E-state index is 0.649. The van der Waals surface area contributed by atoms with Crippen molar-refractivity contribution in [3.63, 3.8) is 0 Å². The van der Waals surface area contributed by atoms with Crippen molar-refractivity contribution in [3.05, 3.63) is 28.2 Å². The lowest BCUT2D eigenvalue weighted by molar-refractivity contribution is 0.411. The number of hydrogen-bond acceptors (Lipinski definition) is 2. The lowest BCUT2D eigenvalue weighted by atomic mass is 10.0. The van der Waals surface area contributed by atoms with Gasteiger partial charge in [-0.1, -0.05) is 6.07 Å². The number of ether oxygens (including phenoxy) is 1. The lowest BCUT2D eigenvalue weighted by Gasteiger charge is -2.11. The SMILES string of the molecule is COc1cc(CC2CCCN2)ccc1Br. The molecule has 1 heterocycles. The number of rotatable bonds is 3. The molecular formula is C12H16BrNO. The summed E-state index contributed by atoms with van der Waals surface area (Å²) in [5.74, 6) is 0.922. The molecule has 2 rings (SSSR count). The van der Waals surface area contributed by atoms with E-state index >= 15 is 0 Å². The highest BCUT2D eigenvalue weighted by atomic mass is 79.9. The first-order valence-corrected chi connectivity index (χ1v) is 6.14. The zero-order valence-electron chi connectivity index (χ0n) is 8.92. The van der Waals surface area contributed by atoms with Gasteiger partial charge in [-0.3, -0.25) is 0 Å². The maximum absolute atomic E-state index is 5.28. The highest BCUT2D eigenvalue weighted by Crippen LogP contribution is 2.26. The van der Waals surface area contributed by atoms with Crippen molar-refractivity contribution in [1.82, 2.24) is 5.32 Å². The zero-order chi connectivity index (χ0) is 10.7. The molecule has 2 nitrogen and oxygen atoms in total. The van der Waals surface area contributed by atoms with Crippen molar-refractivity contribution in [2.24, 2.45) is 0 Å². The minimum absolute atomic E-state index is 0.649. The normalized spacial score (nSPS) is 20.5. The van der Waals surface area contributed by atoms with E-state index < -0.39 is 0 Å². The Morgan fingerprint density at radius 2 is 2.40 bits per heavy atom. The average molecular weight is 270 g/mol. The van der Waals surface area contributed by atoms with Crippen molar-refractivity contribution in [1.29, 1.82) is 0 Å². The lowest BCUT2D eigenvalue weighted by Crippen LogP contribution is -2.23. The standard InChI is InChI=1S/C12H16BrNO/c1-15-12-8-9(4-5-11(12)13)7-10-3-2-6-14-10/h4-5,8,10,14H,2-3,6-7H2,1H3. The van der Waals surface area contributed by atoms with Crippen LogP contribution in [0.2, 0.25) is 0 Å². The Bertz CT molecular complexity index is 334. The molecule has 1 atom stereocenters. The first-order chi connectivity index (χ1) is 7.29. The molecule has 1 unspecified atom stereocenters. The third-order valence-electron chi connectivity index (χ3n) is 2.86. The summed E-state index contributed by atoms with van der Waals surface area (Å²) in [6, 6.07) is 6.98. The van der Waals surface area contributed by atoms with Crippen LogP contribution >= 0.6 is 15.9 Å². The van der Waals surface area contributed by atoms with Crippen LogP contribution in [-0.2, 0) is 6.42 Å². The zero-order valence-corrected chi connectivity index (χ0v) is 10.5. The number of halogens is 1. The Balaban J connectivity index is 2.07. The predicted molar refractivity (Wildman–Crippen MR) is 65.4 cm³/mol. The smallest absolute Gasteiger partial charge is 0.133 e. The summed E-state index contributed by atoms with van der Waals surface area (Å²) in [6.07, 6.45) is 3.69. The second-order valence-corrected chi connectivity index (χ2v) is 4.82. The summed E-state index contributed by atoms with van der Waals surface area (Å²) in [6.45, 7) is 1.17. The number of benzene rings is 1. The summed E-state index contributed by atoms with van der Waals surface area (Å²) in [4.78, 5) is 0. The molecule has 0 saturated carbocycles. The fourth-order valence-corrected chi connectivity index (χ4v) is 2.46. The minimum Gasteiger partial charge on any atom is -0.496 e. The summed E-state index contributed by atoms with van der Waals surface area (Å²) >= 11 is 3.46. The fraction of sp³-hybridized carbons (Fsp3) is 0.500. The maximum Gasteiger partial charge on any atom is 0.133 e. The number of nitrogens with one attached hydrogen (secondary N) is 1. The third kappa shape index (κ3) is 2.73. The molecule has 1 aromatic carbocycles. The fourth-order valence-electron chi connectivity index (χ4n) is 2.05. The van der Waals surface area contributed by atoms with E-state index in [1.165, 1.54) is 24.9 Å². The number of methoxy groups -OCH3 is 1. The Labute approximate surface area is 99.1 Å². The highest BCUT2D eigenvalue weighted by molar-refractivity contribution is 9.10. The molecular weight excluding hydrogens is 254 g/mol. The van der Waals surface area contributed by atoms with Crippen LogP contribution in [-0.4, -0.2) is 19.7 Å². The highest BCUT2D eigenvalue weighted by Gasteiger charge is 2.14. The largest absolute Gasteiger partial charge is 0.496 e. The van der Waals surface area contributed by atoms with Crippen LogP contribution in [0, 0.1) is 0 Å². The average Bonchev–Trinajstić information content (AvgIpc) is 2.73. The molecule has 0 spiro atoms. The molecule has 0 amide bonds. The Morgan fingerprint density at radius 3 is 3.07 bits per heavy atom. The first-order valence-electron chi connectivity index (χ1n) is 5.35. The molecule has 1 fully saturated rings. The van der Waals surface area contributed by atoms with Crippen LogP contribution in [0.5, 0.6) is 5.75 Å². The van der Waals surface area contributed by atoms with Gasteiger partial charge in [-0.15, -0.1) is 0 Å². The van der Waals surface area contributed by atoms with Crippen molar-refractivity contribution in [2.45, 2.75) is 25.3 Å². The van der Waals surface area contributed by atoms with Gasteiger partial charge in [0.15, 0.2) is 0 Å². The summed E-state index contributed by atoms with van der Waals surface area (Å²) < 4.78 is 6.30. The summed E-state index contributed by atoms with van der Waals surface area (Å²) in [7, 11) is 1.71. The van der Waals surface area contributed by atoms with Crippen molar-refractivity contribution in [3.8, 4) is 5.75 Å². The maximum atomic E-state index is 5.28. The molecule has 82 valence electrons. The predicted octanol–water partition coefficient (Wildman–Crippen LogP) is 2.75. The molecule has 1 N–H and O–H groups in total. The van der Waals surface area contributed by atoms with Gasteiger partial charge in [0.25, 0.3) is 0 Å². The first kappa shape index (κ1) is 11.0. The molecule has 15 heavy (non-hydrogen) atoms. The van der Waals surface area contributed by atoms with E-state index in [1.807, 2.05) is 0 Å². The monoisotopic (exact) mass is 269 g/mol. The van der Waals surface area contributed by atoms with E-state index in [4.69, 9.17) is 4.74 Å². The molecule has 0 bridgehead atoms. The van der Waals surface area contributed by atoms with Gasteiger partial charge in [-0.2, -0.15) is 0 Å². The van der Waals surface area contributed by atoms with Crippen molar-refractivity contribution < 1.29 is 4.74 Å². The Hall–Kier alpha value is -0.540. The molecule has 0 aromatic heterocycles. The quantitative estimate of drug-likeness (QED) is 0.911. The van der Waals surface area contributed by atoms with Crippen LogP contribution in [0.25, 0.3) is 0 Å². The molecule has 1 saturated heterocycles. The van der Waals surface area contributed by atoms with E-state index in [0.717, 1.165) is 16.6 Å². The topological polar surface area (TPSA) is 21.3 Å². The van der Waals surface area contributed by atoms with Crippen molar-refractivity contribution >= 4 is 15.9 Å². The third-order valence-corrected chi connectivity index (χ3v) is 3.52. The van der Waals surface area contributed by atoms with Crippen LogP contribution < -0.4 is 10.1 Å². The molecule has 3 heteroatoms. The number of hydrogen-bond donors (Lipinski definition) is 1. The molecule has 1 aliphatic heterocycles. The van der Waals surface area contributed by atoms with Crippen LogP contribution in [0.15, 0.2) is 22.7 Å². The molecule has 1 aliphatic rings. The Morgan fingerprint density at radius 1 is 1.53 bits per heavy atom. The van der Waals surface area contributed by atoms with Gasteiger partial charge >= 0.3 is 0 Å². The van der Waals surface area contributed by atoms with Crippen LogP contribution in [0.1, 0.15) is 18.4 Å². The van der Waals surface area contributed by atoms with Crippen molar-refractivity contribution in [2.75, 3.05) is 13.7 Å². The second-order valence-electron chi connectivity index (χ2n) is 3.97. The summed E-state index contributed by atoms with van der Waals surface area (Å²) in [5.41, 5.74) is 1.34. The molecule has 1 aromatic rings. The van der Waals surface area contributed by atoms with Gasteiger partial charge in [-0.05, 0) is 59.4 Å². The van der Waals surface area contributed by atoms with E-state index in [2.05, 4.69) is 39.4 Å². The van der Waals surface area contributed by atoms with Gasteiger partial charge < -0.3 is 10.1 Å². The van der Waals surface area contributed by atoms with Gasteiger partial charge in [0, 0.05) is 6.04 Å². The van der Waals surface area contributed by atoms with E-state index in [1.54, 1.807) is 7.11 Å². The Kier molecular flexibility index (Phi) is 3.65. The second kappa shape index (κ2) is 4.99. The molecule has 0 radical (unpaired) electrons. The summed E-state index contributed by atoms with van der Waals surface area (Å²) in [5, 5.41) is 3.50. The molecule has 0 aliphatic carbocycles. The van der Waals surface area contributed by atoms with E-state index in [-0.39, 0.29) is 0 Å². The van der Waals surface area contributed by atoms with Crippen LogP contribution in [0.3, 0.4) is 0 Å². The van der Waals surface area contributed by atoms with E-state index in [0.29, 0.717) is 6.04 Å². The van der Waals surface area contributed by atoms with Gasteiger partial charge in [0.1, 0.15) is 5.75 Å². The van der Waals surface area contributed by atoms with Gasteiger partial charge in [-0.25, -0.2) is 0 Å². The van der Waals surface area contributed by atoms with Crippen LogP contribution in [0.4, 0.5) is 0 Å².